The highest BCUT2D eigenvalue weighted by molar-refractivity contribution is 5.45. The third kappa shape index (κ3) is 5.95. The van der Waals surface area contributed by atoms with Gasteiger partial charge < -0.3 is 15.8 Å². The Labute approximate surface area is 139 Å². The first-order valence-electron chi connectivity index (χ1n) is 8.58. The van der Waals surface area contributed by atoms with Gasteiger partial charge in [-0.3, -0.25) is 0 Å². The molecule has 0 saturated carbocycles. The van der Waals surface area contributed by atoms with Crippen LogP contribution in [0.1, 0.15) is 44.2 Å². The third-order valence-corrected chi connectivity index (χ3v) is 3.87. The van der Waals surface area contributed by atoms with E-state index in [2.05, 4.69) is 48.6 Å². The van der Waals surface area contributed by atoms with Crippen molar-refractivity contribution in [3.05, 3.63) is 60.2 Å². The fraction of sp³-hybridized carbons (Fsp3) is 0.400. The molecule has 0 aromatic heterocycles. The molecule has 0 bridgehead atoms. The van der Waals surface area contributed by atoms with Crippen LogP contribution in [0.3, 0.4) is 0 Å². The van der Waals surface area contributed by atoms with Crippen LogP contribution in [0.25, 0.3) is 0 Å². The van der Waals surface area contributed by atoms with Crippen LogP contribution in [0.5, 0.6) is 5.75 Å². The second kappa shape index (κ2) is 9.90. The highest BCUT2D eigenvalue weighted by atomic mass is 16.5. The molecule has 2 aromatic rings. The summed E-state index contributed by atoms with van der Waals surface area (Å²) in [6.07, 6.45) is 4.45. The van der Waals surface area contributed by atoms with Crippen molar-refractivity contribution in [1.82, 2.24) is 0 Å². The SMILES string of the molecule is CCCCCOc1ccc(C(CCN)Nc2ccccc2)cc1. The van der Waals surface area contributed by atoms with E-state index < -0.39 is 0 Å². The summed E-state index contributed by atoms with van der Waals surface area (Å²) in [4.78, 5) is 0. The number of para-hydroxylation sites is 1. The van der Waals surface area contributed by atoms with E-state index >= 15 is 0 Å². The number of benzene rings is 2. The zero-order chi connectivity index (χ0) is 16.3. The average molecular weight is 312 g/mol. The normalized spacial score (nSPS) is 11.9. The Kier molecular flexibility index (Phi) is 7.47. The van der Waals surface area contributed by atoms with Crippen molar-refractivity contribution in [2.24, 2.45) is 5.73 Å². The predicted octanol–water partition coefficient (Wildman–Crippen LogP) is 4.76. The van der Waals surface area contributed by atoms with Crippen molar-refractivity contribution in [2.75, 3.05) is 18.5 Å². The molecule has 0 amide bonds. The molecule has 0 heterocycles. The van der Waals surface area contributed by atoms with Crippen LogP contribution in [-0.4, -0.2) is 13.2 Å². The molecule has 2 rings (SSSR count). The smallest absolute Gasteiger partial charge is 0.119 e. The van der Waals surface area contributed by atoms with Crippen molar-refractivity contribution < 1.29 is 4.74 Å². The Morgan fingerprint density at radius 3 is 2.39 bits per heavy atom. The lowest BCUT2D eigenvalue weighted by Crippen LogP contribution is -2.15. The standard InChI is InChI=1S/C20H28N2O/c1-2-3-7-16-23-19-12-10-17(11-13-19)20(14-15-21)22-18-8-5-4-6-9-18/h4-6,8-13,20,22H,2-3,7,14-16,21H2,1H3. The van der Waals surface area contributed by atoms with E-state index in [1.54, 1.807) is 0 Å². The molecule has 3 heteroatoms. The topological polar surface area (TPSA) is 47.3 Å². The Morgan fingerprint density at radius 2 is 1.74 bits per heavy atom. The van der Waals surface area contributed by atoms with E-state index in [-0.39, 0.29) is 6.04 Å². The van der Waals surface area contributed by atoms with Crippen LogP contribution in [0.15, 0.2) is 54.6 Å². The predicted molar refractivity (Wildman–Crippen MR) is 97.9 cm³/mol. The largest absolute Gasteiger partial charge is 0.494 e. The monoisotopic (exact) mass is 312 g/mol. The lowest BCUT2D eigenvalue weighted by molar-refractivity contribution is 0.306. The quantitative estimate of drug-likeness (QED) is 0.622. The number of unbranched alkanes of at least 4 members (excludes halogenated alkanes) is 2. The Balaban J connectivity index is 1.96. The van der Waals surface area contributed by atoms with Gasteiger partial charge in [0.2, 0.25) is 0 Å². The molecule has 1 atom stereocenters. The minimum Gasteiger partial charge on any atom is -0.494 e. The molecule has 3 nitrogen and oxygen atoms in total. The summed E-state index contributed by atoms with van der Waals surface area (Å²) in [6.45, 7) is 3.65. The van der Waals surface area contributed by atoms with E-state index in [0.717, 1.165) is 30.9 Å². The second-order valence-electron chi connectivity index (χ2n) is 5.76. The second-order valence-corrected chi connectivity index (χ2v) is 5.76. The molecule has 0 aliphatic heterocycles. The van der Waals surface area contributed by atoms with Crippen molar-refractivity contribution in [3.8, 4) is 5.75 Å². The zero-order valence-electron chi connectivity index (χ0n) is 14.0. The van der Waals surface area contributed by atoms with Crippen LogP contribution in [0, 0.1) is 0 Å². The van der Waals surface area contributed by atoms with Crippen molar-refractivity contribution >= 4 is 5.69 Å². The first-order valence-corrected chi connectivity index (χ1v) is 8.58. The maximum absolute atomic E-state index is 5.78. The van der Waals surface area contributed by atoms with Gasteiger partial charge in [-0.05, 0) is 49.2 Å². The number of anilines is 1. The molecule has 0 fully saturated rings. The molecule has 23 heavy (non-hydrogen) atoms. The number of nitrogens with one attached hydrogen (secondary N) is 1. The molecule has 0 radical (unpaired) electrons. The molecule has 0 spiro atoms. The molecule has 2 aromatic carbocycles. The van der Waals surface area contributed by atoms with Gasteiger partial charge in [0.05, 0.1) is 12.6 Å². The number of ether oxygens (including phenoxy) is 1. The summed E-state index contributed by atoms with van der Waals surface area (Å²) < 4.78 is 5.78. The zero-order valence-corrected chi connectivity index (χ0v) is 14.0. The van der Waals surface area contributed by atoms with Crippen molar-refractivity contribution in [1.29, 1.82) is 0 Å². The summed E-state index contributed by atoms with van der Waals surface area (Å²) in [7, 11) is 0. The molecule has 0 aliphatic rings. The maximum Gasteiger partial charge on any atom is 0.119 e. The summed E-state index contributed by atoms with van der Waals surface area (Å²) >= 11 is 0. The number of rotatable bonds is 10. The molecule has 0 aliphatic carbocycles. The Morgan fingerprint density at radius 1 is 1.00 bits per heavy atom. The molecule has 1 unspecified atom stereocenters. The summed E-state index contributed by atoms with van der Waals surface area (Å²) in [5.74, 6) is 0.941. The van der Waals surface area contributed by atoms with E-state index in [1.807, 2.05) is 18.2 Å². The number of hydrogen-bond acceptors (Lipinski definition) is 3. The maximum atomic E-state index is 5.78. The molecular formula is C20H28N2O. The highest BCUT2D eigenvalue weighted by Gasteiger charge is 2.10. The van der Waals surface area contributed by atoms with Gasteiger partial charge in [0, 0.05) is 5.69 Å². The molecule has 124 valence electrons. The van der Waals surface area contributed by atoms with Gasteiger partial charge >= 0.3 is 0 Å². The highest BCUT2D eigenvalue weighted by Crippen LogP contribution is 2.24. The van der Waals surface area contributed by atoms with Gasteiger partial charge in [-0.15, -0.1) is 0 Å². The van der Waals surface area contributed by atoms with E-state index in [0.29, 0.717) is 6.54 Å². The lowest BCUT2D eigenvalue weighted by atomic mass is 10.0. The van der Waals surface area contributed by atoms with E-state index in [9.17, 15) is 0 Å². The minimum absolute atomic E-state index is 0.219. The van der Waals surface area contributed by atoms with E-state index in [4.69, 9.17) is 10.5 Å². The van der Waals surface area contributed by atoms with Crippen molar-refractivity contribution in [3.63, 3.8) is 0 Å². The lowest BCUT2D eigenvalue weighted by Gasteiger charge is -2.20. The average Bonchev–Trinajstić information content (AvgIpc) is 2.60. The summed E-state index contributed by atoms with van der Waals surface area (Å²) in [5, 5.41) is 3.55. The van der Waals surface area contributed by atoms with Crippen LogP contribution in [0.4, 0.5) is 5.69 Å². The molecule has 0 saturated heterocycles. The fourth-order valence-corrected chi connectivity index (χ4v) is 2.56. The van der Waals surface area contributed by atoms with Gasteiger partial charge in [0.25, 0.3) is 0 Å². The fourth-order valence-electron chi connectivity index (χ4n) is 2.56. The number of nitrogens with two attached hydrogens (primary N) is 1. The minimum atomic E-state index is 0.219. The first kappa shape index (κ1) is 17.4. The molecular weight excluding hydrogens is 284 g/mol. The van der Waals surface area contributed by atoms with Crippen LogP contribution >= 0.6 is 0 Å². The molecule has 3 N–H and O–H groups in total. The van der Waals surface area contributed by atoms with Gasteiger partial charge in [0.15, 0.2) is 0 Å². The van der Waals surface area contributed by atoms with Crippen LogP contribution < -0.4 is 15.8 Å². The van der Waals surface area contributed by atoms with Crippen LogP contribution in [-0.2, 0) is 0 Å². The van der Waals surface area contributed by atoms with Gasteiger partial charge in [-0.1, -0.05) is 50.1 Å². The summed E-state index contributed by atoms with van der Waals surface area (Å²) in [6, 6.07) is 18.8. The van der Waals surface area contributed by atoms with Gasteiger partial charge in [-0.2, -0.15) is 0 Å². The van der Waals surface area contributed by atoms with Crippen LogP contribution in [0.2, 0.25) is 0 Å². The van der Waals surface area contributed by atoms with Gasteiger partial charge in [-0.25, -0.2) is 0 Å². The number of hydrogen-bond donors (Lipinski definition) is 2. The first-order chi connectivity index (χ1) is 11.3. The van der Waals surface area contributed by atoms with Crippen molar-refractivity contribution in [2.45, 2.75) is 38.6 Å². The summed E-state index contributed by atoms with van der Waals surface area (Å²) in [5.41, 5.74) is 8.13. The Hall–Kier alpha value is -2.00. The van der Waals surface area contributed by atoms with Gasteiger partial charge in [0.1, 0.15) is 5.75 Å². The Bertz CT molecular complexity index is 539. The third-order valence-electron chi connectivity index (χ3n) is 3.87. The van der Waals surface area contributed by atoms with E-state index in [1.165, 1.54) is 18.4 Å².